The Morgan fingerprint density at radius 2 is 1.63 bits per heavy atom. The Hall–Kier alpha value is -2.09. The zero-order valence-corrected chi connectivity index (χ0v) is 11.2. The van der Waals surface area contributed by atoms with Gasteiger partial charge in [0.05, 0.1) is 0 Å². The van der Waals surface area contributed by atoms with E-state index in [1.807, 2.05) is 0 Å². The van der Waals surface area contributed by atoms with Crippen LogP contribution in [0.4, 0.5) is 11.4 Å². The van der Waals surface area contributed by atoms with Gasteiger partial charge in [-0.15, -0.1) is 0 Å². The number of carboxylic acid groups (broad SMARTS) is 1. The van der Waals surface area contributed by atoms with Crippen molar-refractivity contribution in [3.63, 3.8) is 0 Å². The van der Waals surface area contributed by atoms with Crippen LogP contribution in [0, 0.1) is 0 Å². The number of anilines is 2. The minimum atomic E-state index is -3.99. The van der Waals surface area contributed by atoms with Gasteiger partial charge in [-0.3, -0.25) is 14.3 Å². The Balaban J connectivity index is 2.83. The van der Waals surface area contributed by atoms with Gasteiger partial charge >= 0.3 is 5.97 Å². The summed E-state index contributed by atoms with van der Waals surface area (Å²) in [6, 6.07) is 5.87. The van der Waals surface area contributed by atoms with Crippen LogP contribution in [0.1, 0.15) is 13.8 Å². The highest BCUT2D eigenvalue weighted by Gasteiger charge is 2.27. The van der Waals surface area contributed by atoms with Gasteiger partial charge < -0.3 is 10.4 Å². The topological polar surface area (TPSA) is 113 Å². The lowest BCUT2D eigenvalue weighted by atomic mass is 10.3. The normalized spacial score (nSPS) is 12.5. The van der Waals surface area contributed by atoms with Crippen molar-refractivity contribution in [2.75, 3.05) is 10.0 Å². The Morgan fingerprint density at radius 3 is 2.05 bits per heavy atom. The number of nitrogens with one attached hydrogen (secondary N) is 2. The number of amides is 1. The molecule has 104 valence electrons. The molecule has 3 N–H and O–H groups in total. The second-order valence-corrected chi connectivity index (χ2v) is 5.89. The van der Waals surface area contributed by atoms with E-state index >= 15 is 0 Å². The van der Waals surface area contributed by atoms with Gasteiger partial charge in [0.25, 0.3) is 0 Å². The van der Waals surface area contributed by atoms with Crippen LogP contribution in [-0.2, 0) is 19.6 Å². The number of carboxylic acids is 1. The van der Waals surface area contributed by atoms with E-state index in [1.54, 1.807) is 0 Å². The molecule has 1 rings (SSSR count). The van der Waals surface area contributed by atoms with Crippen molar-refractivity contribution >= 4 is 33.3 Å². The van der Waals surface area contributed by atoms with Crippen LogP contribution in [0.3, 0.4) is 0 Å². The number of carbonyl (C=O) groups excluding carboxylic acids is 1. The molecule has 0 aromatic heterocycles. The van der Waals surface area contributed by atoms with Crippen molar-refractivity contribution in [2.45, 2.75) is 19.1 Å². The van der Waals surface area contributed by atoms with E-state index in [-0.39, 0.29) is 11.6 Å². The Kier molecular flexibility index (Phi) is 4.49. The minimum Gasteiger partial charge on any atom is -0.480 e. The van der Waals surface area contributed by atoms with Crippen molar-refractivity contribution < 1.29 is 23.1 Å². The van der Waals surface area contributed by atoms with Gasteiger partial charge in [0.15, 0.2) is 5.25 Å². The number of benzene rings is 1. The van der Waals surface area contributed by atoms with Crippen molar-refractivity contribution in [1.82, 2.24) is 0 Å². The maximum atomic E-state index is 11.6. The fraction of sp³-hybridized carbons (Fsp3) is 0.273. The van der Waals surface area contributed by atoms with Crippen molar-refractivity contribution in [3.05, 3.63) is 24.3 Å². The highest BCUT2D eigenvalue weighted by atomic mass is 32.2. The van der Waals surface area contributed by atoms with Crippen molar-refractivity contribution in [3.8, 4) is 0 Å². The first-order valence-corrected chi connectivity index (χ1v) is 6.89. The molecule has 0 spiro atoms. The molecule has 0 aliphatic carbocycles. The van der Waals surface area contributed by atoms with Gasteiger partial charge in [-0.1, -0.05) is 0 Å². The molecule has 7 nitrogen and oxygen atoms in total. The number of hydrogen-bond acceptors (Lipinski definition) is 4. The summed E-state index contributed by atoms with van der Waals surface area (Å²) in [6.07, 6.45) is 0. The molecule has 1 amide bonds. The minimum absolute atomic E-state index is 0.224. The molecule has 1 unspecified atom stereocenters. The van der Waals surface area contributed by atoms with Crippen LogP contribution in [0.2, 0.25) is 0 Å². The molecule has 0 saturated heterocycles. The van der Waals surface area contributed by atoms with Gasteiger partial charge in [0.1, 0.15) is 0 Å². The van der Waals surface area contributed by atoms with Gasteiger partial charge in [0, 0.05) is 18.3 Å². The van der Waals surface area contributed by atoms with E-state index in [0.717, 1.165) is 6.92 Å². The van der Waals surface area contributed by atoms with E-state index in [2.05, 4.69) is 10.0 Å². The third kappa shape index (κ3) is 4.25. The molecular weight excluding hydrogens is 272 g/mol. The van der Waals surface area contributed by atoms with E-state index < -0.39 is 21.2 Å². The molecule has 1 aromatic rings. The molecule has 0 saturated carbocycles. The number of aliphatic carboxylic acids is 1. The monoisotopic (exact) mass is 286 g/mol. The molecule has 1 aromatic carbocycles. The average Bonchev–Trinajstić information content (AvgIpc) is 2.29. The van der Waals surface area contributed by atoms with Crippen LogP contribution in [0.15, 0.2) is 24.3 Å². The standard InChI is InChI=1S/C11H14N2O5S/c1-7(11(15)16)19(17,18)13-10-5-3-9(4-6-10)12-8(2)14/h3-7,13H,1-2H3,(H,12,14)(H,15,16). The van der Waals surface area contributed by atoms with Gasteiger partial charge in [0.2, 0.25) is 15.9 Å². The predicted octanol–water partition coefficient (Wildman–Crippen LogP) is 0.860. The van der Waals surface area contributed by atoms with E-state index in [0.29, 0.717) is 5.69 Å². The third-order valence-corrected chi connectivity index (χ3v) is 3.93. The molecule has 0 aliphatic rings. The zero-order chi connectivity index (χ0) is 14.6. The Bertz CT molecular complexity index is 580. The molecule has 1 atom stereocenters. The summed E-state index contributed by atoms with van der Waals surface area (Å²) < 4.78 is 25.4. The lowest BCUT2D eigenvalue weighted by molar-refractivity contribution is -0.136. The van der Waals surface area contributed by atoms with Crippen LogP contribution in [-0.4, -0.2) is 30.7 Å². The summed E-state index contributed by atoms with van der Waals surface area (Å²) in [5.74, 6) is -1.67. The quantitative estimate of drug-likeness (QED) is 0.743. The van der Waals surface area contributed by atoms with E-state index in [9.17, 15) is 18.0 Å². The van der Waals surface area contributed by atoms with Crippen LogP contribution >= 0.6 is 0 Å². The highest BCUT2D eigenvalue weighted by molar-refractivity contribution is 7.94. The average molecular weight is 286 g/mol. The second-order valence-electron chi connectivity index (χ2n) is 3.89. The number of rotatable bonds is 5. The van der Waals surface area contributed by atoms with Gasteiger partial charge in [-0.25, -0.2) is 8.42 Å². The predicted molar refractivity (Wildman–Crippen MR) is 70.4 cm³/mol. The zero-order valence-electron chi connectivity index (χ0n) is 10.4. The van der Waals surface area contributed by atoms with Crippen LogP contribution < -0.4 is 10.0 Å². The summed E-state index contributed by atoms with van der Waals surface area (Å²) in [5.41, 5.74) is 0.740. The Labute approximate surface area is 110 Å². The second kappa shape index (κ2) is 5.70. The summed E-state index contributed by atoms with van der Waals surface area (Å²) in [7, 11) is -3.99. The molecule has 0 heterocycles. The first-order chi connectivity index (χ1) is 8.72. The van der Waals surface area contributed by atoms with Gasteiger partial charge in [-0.2, -0.15) is 0 Å². The maximum absolute atomic E-state index is 11.6. The smallest absolute Gasteiger partial charge is 0.323 e. The van der Waals surface area contributed by atoms with E-state index in [4.69, 9.17) is 5.11 Å². The largest absolute Gasteiger partial charge is 0.480 e. The molecule has 19 heavy (non-hydrogen) atoms. The first-order valence-electron chi connectivity index (χ1n) is 5.34. The van der Waals surface area contributed by atoms with Gasteiger partial charge in [-0.05, 0) is 31.2 Å². The summed E-state index contributed by atoms with van der Waals surface area (Å²) >= 11 is 0. The third-order valence-electron chi connectivity index (χ3n) is 2.28. The van der Waals surface area contributed by atoms with E-state index in [1.165, 1.54) is 31.2 Å². The van der Waals surface area contributed by atoms with Crippen LogP contribution in [0.5, 0.6) is 0 Å². The van der Waals surface area contributed by atoms with Crippen LogP contribution in [0.25, 0.3) is 0 Å². The summed E-state index contributed by atoms with van der Waals surface area (Å²) in [4.78, 5) is 21.4. The molecule has 0 radical (unpaired) electrons. The van der Waals surface area contributed by atoms with Crippen molar-refractivity contribution in [1.29, 1.82) is 0 Å². The fourth-order valence-corrected chi connectivity index (χ4v) is 2.12. The maximum Gasteiger partial charge on any atom is 0.323 e. The SMILES string of the molecule is CC(=O)Nc1ccc(NS(=O)(=O)C(C)C(=O)O)cc1. The lowest BCUT2D eigenvalue weighted by Gasteiger charge is -2.11. The molecule has 0 aliphatic heterocycles. The highest BCUT2D eigenvalue weighted by Crippen LogP contribution is 2.16. The molecule has 8 heteroatoms. The Morgan fingerprint density at radius 1 is 1.16 bits per heavy atom. The number of sulfonamides is 1. The number of carbonyl (C=O) groups is 2. The lowest BCUT2D eigenvalue weighted by Crippen LogP contribution is -2.32. The first kappa shape index (κ1) is 15.0. The fourth-order valence-electron chi connectivity index (χ4n) is 1.21. The number of hydrogen-bond donors (Lipinski definition) is 3. The molecular formula is C11H14N2O5S. The molecule has 0 fully saturated rings. The molecule has 0 bridgehead atoms. The summed E-state index contributed by atoms with van der Waals surface area (Å²) in [5, 5.41) is 9.64. The van der Waals surface area contributed by atoms with Crippen molar-refractivity contribution in [2.24, 2.45) is 0 Å². The summed E-state index contributed by atoms with van der Waals surface area (Å²) in [6.45, 7) is 2.43.